The molecule has 3 heterocycles. The van der Waals surface area contributed by atoms with E-state index < -0.39 is 0 Å². The molecular formula is C81H57N3. The first-order valence-corrected chi connectivity index (χ1v) is 29.9. The first kappa shape index (κ1) is 46.6. The molecule has 0 saturated carbocycles. The van der Waals surface area contributed by atoms with Crippen LogP contribution in [0.25, 0.3) is 148 Å². The normalized spacial score (nSPS) is 15.1. The van der Waals surface area contributed by atoms with Gasteiger partial charge in [-0.05, 0) is 154 Å². The molecule has 3 aliphatic rings. The van der Waals surface area contributed by atoms with Crippen LogP contribution in [0.15, 0.2) is 237 Å². The molecule has 0 aliphatic heterocycles. The molecule has 0 atom stereocenters. The Labute approximate surface area is 486 Å². The fourth-order valence-electron chi connectivity index (χ4n) is 17.1. The molecule has 3 heteroatoms. The minimum Gasteiger partial charge on any atom is -0.309 e. The van der Waals surface area contributed by atoms with Crippen molar-refractivity contribution in [3.63, 3.8) is 0 Å². The second-order valence-corrected chi connectivity index (χ2v) is 25.9. The second-order valence-electron chi connectivity index (χ2n) is 25.9. The third-order valence-electron chi connectivity index (χ3n) is 20.7. The van der Waals surface area contributed by atoms with E-state index >= 15 is 0 Å². The number of para-hydroxylation sites is 3. The summed E-state index contributed by atoms with van der Waals surface area (Å²) in [5.41, 5.74) is 26.7. The summed E-state index contributed by atoms with van der Waals surface area (Å²) >= 11 is 0. The Hall–Kier alpha value is -9.96. The second kappa shape index (κ2) is 15.8. The monoisotopic (exact) mass is 1070 g/mol. The zero-order valence-electron chi connectivity index (χ0n) is 47.9. The summed E-state index contributed by atoms with van der Waals surface area (Å²) in [6.45, 7) is 14.5. The lowest BCUT2D eigenvalue weighted by Gasteiger charge is -2.24. The van der Waals surface area contributed by atoms with E-state index in [1.54, 1.807) is 0 Å². The fraction of sp³-hybridized carbons (Fsp3) is 0.111. The van der Waals surface area contributed by atoms with Crippen molar-refractivity contribution in [1.29, 1.82) is 0 Å². The molecule has 0 amide bonds. The van der Waals surface area contributed by atoms with E-state index in [9.17, 15) is 0 Å². The highest BCUT2D eigenvalue weighted by Gasteiger charge is 2.41. The highest BCUT2D eigenvalue weighted by molar-refractivity contribution is 6.27. The number of aromatic nitrogens is 3. The van der Waals surface area contributed by atoms with Gasteiger partial charge in [-0.3, -0.25) is 0 Å². The van der Waals surface area contributed by atoms with E-state index in [0.29, 0.717) is 0 Å². The topological polar surface area (TPSA) is 14.8 Å². The average molecular weight is 1070 g/mol. The Bertz CT molecular complexity index is 5120. The maximum atomic E-state index is 2.59. The largest absolute Gasteiger partial charge is 0.309 e. The van der Waals surface area contributed by atoms with Gasteiger partial charge in [-0.2, -0.15) is 0 Å². The number of benzene rings is 13. The summed E-state index contributed by atoms with van der Waals surface area (Å²) in [5.74, 6) is 0. The summed E-state index contributed by atoms with van der Waals surface area (Å²) in [5, 5.41) is 15.1. The minimum atomic E-state index is -0.208. The maximum Gasteiger partial charge on any atom is 0.0588 e. The van der Waals surface area contributed by atoms with Crippen LogP contribution in [0.4, 0.5) is 0 Å². The Morgan fingerprint density at radius 2 is 0.476 bits per heavy atom. The zero-order valence-corrected chi connectivity index (χ0v) is 47.9. The van der Waals surface area contributed by atoms with E-state index in [1.165, 1.54) is 164 Å². The Kier molecular flexibility index (Phi) is 8.75. The molecule has 16 aromatic rings. The molecule has 3 nitrogen and oxygen atoms in total. The molecule has 3 aromatic heterocycles. The van der Waals surface area contributed by atoms with Gasteiger partial charge in [-0.15, -0.1) is 0 Å². The third-order valence-corrected chi connectivity index (χ3v) is 20.7. The van der Waals surface area contributed by atoms with E-state index in [0.717, 1.165) is 17.1 Å². The Balaban J connectivity index is 0.928. The van der Waals surface area contributed by atoms with Crippen LogP contribution in [0.3, 0.4) is 0 Å². The number of nitrogens with zero attached hydrogens (tertiary/aromatic N) is 3. The lowest BCUT2D eigenvalue weighted by Crippen LogP contribution is -2.16. The van der Waals surface area contributed by atoms with Gasteiger partial charge in [0.05, 0.1) is 33.1 Å². The average Bonchev–Trinajstić information content (AvgIpc) is 1.59. The molecule has 13 aromatic carbocycles. The molecule has 0 fully saturated rings. The maximum absolute atomic E-state index is 2.59. The molecule has 0 radical (unpaired) electrons. The third kappa shape index (κ3) is 5.63. The highest BCUT2D eigenvalue weighted by Crippen LogP contribution is 2.57. The van der Waals surface area contributed by atoms with Crippen molar-refractivity contribution < 1.29 is 0 Å². The number of fused-ring (bicyclic) bond motifs is 27. The lowest BCUT2D eigenvalue weighted by molar-refractivity contribution is 0.663. The van der Waals surface area contributed by atoms with Crippen LogP contribution < -0.4 is 0 Å². The van der Waals surface area contributed by atoms with Crippen LogP contribution >= 0.6 is 0 Å². The Morgan fingerprint density at radius 3 is 0.786 bits per heavy atom. The predicted octanol–water partition coefficient (Wildman–Crippen LogP) is 21.4. The van der Waals surface area contributed by atoms with E-state index in [4.69, 9.17) is 0 Å². The fourth-order valence-corrected chi connectivity index (χ4v) is 17.1. The van der Waals surface area contributed by atoms with Crippen molar-refractivity contribution in [3.8, 4) is 50.4 Å². The lowest BCUT2D eigenvalue weighted by atomic mass is 9.81. The molecule has 19 rings (SSSR count). The molecule has 0 bridgehead atoms. The highest BCUT2D eigenvalue weighted by atomic mass is 15.0. The summed E-state index contributed by atoms with van der Waals surface area (Å²) < 4.78 is 7.77. The van der Waals surface area contributed by atoms with E-state index in [2.05, 4.69) is 292 Å². The smallest absolute Gasteiger partial charge is 0.0588 e. The van der Waals surface area contributed by atoms with Gasteiger partial charge < -0.3 is 13.7 Å². The molecule has 396 valence electrons. The molecule has 84 heavy (non-hydrogen) atoms. The van der Waals surface area contributed by atoms with Crippen LogP contribution in [0, 0.1) is 0 Å². The molecular weight excluding hydrogens is 1010 g/mol. The van der Waals surface area contributed by atoms with Gasteiger partial charge in [-0.25, -0.2) is 0 Å². The van der Waals surface area contributed by atoms with Gasteiger partial charge in [0.2, 0.25) is 0 Å². The number of rotatable bonds is 3. The molecule has 0 saturated heterocycles. The van der Waals surface area contributed by atoms with Crippen molar-refractivity contribution in [2.24, 2.45) is 0 Å². The molecule has 0 unspecified atom stereocenters. The van der Waals surface area contributed by atoms with E-state index in [1.807, 2.05) is 0 Å². The summed E-state index contributed by atoms with van der Waals surface area (Å²) in [6, 6.07) is 90.7. The number of hydrogen-bond donors (Lipinski definition) is 0. The summed E-state index contributed by atoms with van der Waals surface area (Å²) in [4.78, 5) is 0. The summed E-state index contributed by atoms with van der Waals surface area (Å²) in [6.07, 6.45) is 0. The van der Waals surface area contributed by atoms with Gasteiger partial charge in [0, 0.05) is 65.6 Å². The molecule has 0 spiro atoms. The zero-order chi connectivity index (χ0) is 55.9. The minimum absolute atomic E-state index is 0.208. The van der Waals surface area contributed by atoms with Crippen molar-refractivity contribution in [1.82, 2.24) is 13.7 Å². The standard InChI is InChI=1S/C81H57N3/c1-79(2)67-25-13-7-19-52(67)58-37-40-61-55-22-10-16-28-70(55)82(76(61)73(58)79)46-31-34-49-64(43-46)50-35-32-47(83-71-29-17-11-23-56(71)62-41-38-59-53-20-8-14-26-68(53)80(3,4)74(59)77(62)83)45-66(50)51-36-33-48(44-65(49)51)84-72-30-18-12-24-57(72)63-42-39-60-54-21-9-15-27-69(54)81(5,6)75(60)78(63)84/h7-45H,1-6H3. The molecule has 0 N–H and O–H groups in total. The van der Waals surface area contributed by atoms with Gasteiger partial charge in [0.25, 0.3) is 0 Å². The predicted molar refractivity (Wildman–Crippen MR) is 355 cm³/mol. The van der Waals surface area contributed by atoms with Gasteiger partial charge in [-0.1, -0.05) is 224 Å². The van der Waals surface area contributed by atoms with Crippen LogP contribution in [-0.2, 0) is 16.2 Å². The van der Waals surface area contributed by atoms with Crippen molar-refractivity contribution >= 4 is 97.7 Å². The van der Waals surface area contributed by atoms with E-state index in [-0.39, 0.29) is 16.2 Å². The van der Waals surface area contributed by atoms with Crippen LogP contribution in [-0.4, -0.2) is 13.7 Å². The number of hydrogen-bond acceptors (Lipinski definition) is 0. The van der Waals surface area contributed by atoms with Crippen LogP contribution in [0.5, 0.6) is 0 Å². The van der Waals surface area contributed by atoms with Gasteiger partial charge >= 0.3 is 0 Å². The summed E-state index contributed by atoms with van der Waals surface area (Å²) in [7, 11) is 0. The van der Waals surface area contributed by atoms with Gasteiger partial charge in [0.1, 0.15) is 0 Å². The van der Waals surface area contributed by atoms with Crippen LogP contribution in [0.1, 0.15) is 74.9 Å². The first-order valence-electron chi connectivity index (χ1n) is 29.9. The van der Waals surface area contributed by atoms with Crippen LogP contribution in [0.2, 0.25) is 0 Å². The van der Waals surface area contributed by atoms with Crippen molar-refractivity contribution in [2.45, 2.75) is 57.8 Å². The van der Waals surface area contributed by atoms with Crippen molar-refractivity contribution in [2.75, 3.05) is 0 Å². The van der Waals surface area contributed by atoms with Crippen molar-refractivity contribution in [3.05, 3.63) is 270 Å². The first-order chi connectivity index (χ1) is 41.0. The quantitative estimate of drug-likeness (QED) is 0.157. The molecule has 3 aliphatic carbocycles. The van der Waals surface area contributed by atoms with Gasteiger partial charge in [0.15, 0.2) is 0 Å². The Morgan fingerprint density at radius 1 is 0.214 bits per heavy atom. The SMILES string of the molecule is CC1(C)c2ccccc2-c2ccc3c4ccccc4n(-c4ccc5c(c4)c4ccc(-n6c7ccccc7c7ccc8c(c76)C(C)(C)c6ccccc6-8)cc4c4ccc(-n6c7ccccc7c7ccc8c(c76)C(C)(C)c6ccccc6-8)cc54)c3c21.